The Morgan fingerprint density at radius 2 is 1.15 bits per heavy atom. The zero-order chi connectivity index (χ0) is 43.7. The van der Waals surface area contributed by atoms with Crippen LogP contribution in [-0.2, 0) is 55.6 Å². The summed E-state index contributed by atoms with van der Waals surface area (Å²) in [6, 6.07) is 14.6. The van der Waals surface area contributed by atoms with Crippen LogP contribution in [0, 0.1) is 0 Å². The lowest BCUT2D eigenvalue weighted by molar-refractivity contribution is -0.383. The number of nitrogens with one attached hydrogen (secondary N) is 2. The van der Waals surface area contributed by atoms with E-state index in [1.807, 2.05) is 0 Å². The van der Waals surface area contributed by atoms with E-state index in [9.17, 15) is 49.8 Å². The molecule has 0 aromatic heterocycles. The molecule has 2 aromatic rings. The molecule has 2 saturated heterocycles. The topological polar surface area (TPSA) is 278 Å². The maximum Gasteiger partial charge on any atom is 0.408 e. The Morgan fingerprint density at radius 3 is 1.59 bits per heavy atom. The highest BCUT2D eigenvalue weighted by Gasteiger charge is 2.59. The number of rotatable bonds is 15. The molecule has 2 heterocycles. The van der Waals surface area contributed by atoms with Crippen LogP contribution in [0.3, 0.4) is 0 Å². The van der Waals surface area contributed by atoms with Crippen LogP contribution in [0.25, 0.3) is 0 Å². The first-order chi connectivity index (χ1) is 27.6. The predicted molar refractivity (Wildman–Crippen MR) is 203 cm³/mol. The smallest absolute Gasteiger partial charge is 0.408 e. The molecule has 19 nitrogen and oxygen atoms in total. The van der Waals surface area contributed by atoms with E-state index in [1.165, 1.54) is 0 Å². The number of amides is 2. The summed E-state index contributed by atoms with van der Waals surface area (Å²) < 4.78 is 38.8. The third-order valence-electron chi connectivity index (χ3n) is 8.99. The Bertz CT molecular complexity index is 1690. The zero-order valence-electron chi connectivity index (χ0n) is 33.8. The third-order valence-corrected chi connectivity index (χ3v) is 8.99. The van der Waals surface area contributed by atoms with Gasteiger partial charge in [0.1, 0.15) is 79.2 Å². The maximum absolute atomic E-state index is 13.6. The molecule has 328 valence electrons. The molecule has 59 heavy (non-hydrogen) atoms. The summed E-state index contributed by atoms with van der Waals surface area (Å²) >= 11 is 0. The minimum Gasteiger partial charge on any atom is -0.461 e. The Balaban J connectivity index is 1.53. The van der Waals surface area contributed by atoms with Gasteiger partial charge < -0.3 is 74.4 Å². The van der Waals surface area contributed by atoms with E-state index < -0.39 is 122 Å². The lowest BCUT2D eigenvalue weighted by Gasteiger charge is -2.43. The van der Waals surface area contributed by atoms with E-state index in [4.69, 9.17) is 33.2 Å². The van der Waals surface area contributed by atoms with Gasteiger partial charge in [0, 0.05) is 12.8 Å². The lowest BCUT2D eigenvalue weighted by atomic mass is 9.98. The predicted octanol–water partition coefficient (Wildman–Crippen LogP) is -0.0218. The molecule has 19 heteroatoms. The highest BCUT2D eigenvalue weighted by Crippen LogP contribution is 2.37. The first-order valence-electron chi connectivity index (χ1n) is 19.0. The van der Waals surface area contributed by atoms with Crippen molar-refractivity contribution < 1.29 is 83.0 Å². The Hall–Kier alpha value is -4.44. The van der Waals surface area contributed by atoms with Gasteiger partial charge in [0.15, 0.2) is 6.29 Å². The monoisotopic (exact) mass is 836 g/mol. The summed E-state index contributed by atoms with van der Waals surface area (Å²) in [7, 11) is 0. The van der Waals surface area contributed by atoms with Crippen molar-refractivity contribution in [2.45, 2.75) is 132 Å². The second-order valence-corrected chi connectivity index (χ2v) is 16.2. The Kier molecular flexibility index (Phi) is 16.2. The number of esters is 2. The van der Waals surface area contributed by atoms with Gasteiger partial charge in [-0.25, -0.2) is 19.2 Å². The normalized spacial score (nSPS) is 28.1. The van der Waals surface area contributed by atoms with Crippen LogP contribution in [0.4, 0.5) is 9.59 Å². The fourth-order valence-electron chi connectivity index (χ4n) is 6.13. The molecule has 2 aliphatic heterocycles. The highest BCUT2D eigenvalue weighted by atomic mass is 16.8. The van der Waals surface area contributed by atoms with Crippen molar-refractivity contribution in [3.63, 3.8) is 0 Å². The molecule has 2 aromatic carbocycles. The van der Waals surface area contributed by atoms with Crippen LogP contribution in [0.1, 0.15) is 52.7 Å². The Morgan fingerprint density at radius 1 is 0.678 bits per heavy atom. The number of carbonyl (C=O) groups excluding carboxylic acids is 4. The van der Waals surface area contributed by atoms with Gasteiger partial charge in [-0.15, -0.1) is 0 Å². The molecule has 0 bridgehead atoms. The van der Waals surface area contributed by atoms with Crippen LogP contribution in [-0.4, -0.2) is 153 Å². The average Bonchev–Trinajstić information content (AvgIpc) is 3.40. The molecular formula is C40H56N2O17. The molecule has 2 fully saturated rings. The molecule has 2 aliphatic rings. The van der Waals surface area contributed by atoms with Gasteiger partial charge in [0.2, 0.25) is 5.79 Å². The van der Waals surface area contributed by atoms with Crippen molar-refractivity contribution in [3.8, 4) is 0 Å². The van der Waals surface area contributed by atoms with Crippen LogP contribution >= 0.6 is 0 Å². The number of benzene rings is 2. The molecular weight excluding hydrogens is 780 g/mol. The van der Waals surface area contributed by atoms with Gasteiger partial charge in [-0.3, -0.25) is 0 Å². The highest BCUT2D eigenvalue weighted by molar-refractivity contribution is 5.82. The van der Waals surface area contributed by atoms with E-state index in [1.54, 1.807) is 102 Å². The molecule has 0 spiro atoms. The SMILES string of the molecule is CC(C)(C)OC(=O)N[C@@H](Cc1ccccc1)C(=O)OC[C@H]1O[C@H](O[C@]2(COC(=O)[C@H](Cc3ccccc3)NC(=O)OC(C)(C)C)O[C@H](CO)[C@@H](O)[C@@H]2O)[C@H](O)[C@@H](O)[C@@H]1O. The van der Waals surface area contributed by atoms with Crippen LogP contribution in [0.2, 0.25) is 0 Å². The van der Waals surface area contributed by atoms with Crippen molar-refractivity contribution >= 4 is 24.1 Å². The van der Waals surface area contributed by atoms with E-state index in [0.717, 1.165) is 0 Å². The molecule has 11 atom stereocenters. The van der Waals surface area contributed by atoms with Crippen LogP contribution in [0.5, 0.6) is 0 Å². The lowest BCUT2D eigenvalue weighted by Crippen LogP contribution is -2.63. The molecule has 0 radical (unpaired) electrons. The quantitative estimate of drug-likeness (QED) is 0.0865. The maximum atomic E-state index is 13.6. The van der Waals surface area contributed by atoms with Gasteiger partial charge in [-0.05, 0) is 52.7 Å². The van der Waals surface area contributed by atoms with Crippen molar-refractivity contribution in [1.29, 1.82) is 0 Å². The molecule has 0 saturated carbocycles. The number of aliphatic hydroxyl groups excluding tert-OH is 6. The summed E-state index contributed by atoms with van der Waals surface area (Å²) in [6.45, 7) is 7.12. The number of alkyl carbamates (subject to hydrolysis) is 2. The van der Waals surface area contributed by atoms with E-state index in [0.29, 0.717) is 11.1 Å². The number of aliphatic hydroxyl groups is 6. The van der Waals surface area contributed by atoms with E-state index in [-0.39, 0.29) is 12.8 Å². The summed E-state index contributed by atoms with van der Waals surface area (Å²) in [5, 5.41) is 69.4. The standard InChI is InChI=1S/C40H56N2O17/c1-38(2,3)58-36(51)41-24(17-22-13-9-7-10-14-22)33(49)53-20-27-28(44)30(46)31(47)35(55-27)57-40(32(48)29(45)26(19-43)56-40)21-54-34(50)25(18-23-15-11-8-12-16-23)42-37(52)59-39(4,5)6/h7-16,24-32,35,43-48H,17-21H2,1-6H3,(H,41,51)(H,42,52)/t24-,25-,26+,27+,28+,29+,30-,31+,32-,35+,40-/m0/s1. The Labute approximate surface area is 341 Å². The van der Waals surface area contributed by atoms with E-state index in [2.05, 4.69) is 10.6 Å². The molecule has 4 rings (SSSR count). The molecule has 0 aliphatic carbocycles. The number of ether oxygens (including phenoxy) is 7. The van der Waals surface area contributed by atoms with Crippen LogP contribution in [0.15, 0.2) is 60.7 Å². The summed E-state index contributed by atoms with van der Waals surface area (Å²) in [6.07, 6.45) is -17.0. The first-order valence-corrected chi connectivity index (χ1v) is 19.0. The van der Waals surface area contributed by atoms with E-state index >= 15 is 0 Å². The van der Waals surface area contributed by atoms with Gasteiger partial charge in [0.05, 0.1) is 6.61 Å². The van der Waals surface area contributed by atoms with Crippen molar-refractivity contribution in [1.82, 2.24) is 10.6 Å². The summed E-state index contributed by atoms with van der Waals surface area (Å²) in [5.74, 6) is -4.65. The first kappa shape index (κ1) is 47.2. The van der Waals surface area contributed by atoms with Crippen molar-refractivity contribution in [2.75, 3.05) is 19.8 Å². The van der Waals surface area contributed by atoms with Crippen molar-refractivity contribution in [3.05, 3.63) is 71.8 Å². The van der Waals surface area contributed by atoms with Gasteiger partial charge in [-0.2, -0.15) is 0 Å². The second-order valence-electron chi connectivity index (χ2n) is 16.2. The second kappa shape index (κ2) is 20.2. The van der Waals surface area contributed by atoms with Crippen LogP contribution < -0.4 is 10.6 Å². The zero-order valence-corrected chi connectivity index (χ0v) is 33.8. The molecule has 0 unspecified atom stereocenters. The molecule has 2 amide bonds. The minimum atomic E-state index is -2.60. The summed E-state index contributed by atoms with van der Waals surface area (Å²) in [5.41, 5.74) is -0.536. The third kappa shape index (κ3) is 13.5. The largest absolute Gasteiger partial charge is 0.461 e. The van der Waals surface area contributed by atoms with Crippen molar-refractivity contribution in [2.24, 2.45) is 0 Å². The molecule has 8 N–H and O–H groups in total. The minimum absolute atomic E-state index is 0.0234. The summed E-state index contributed by atoms with van der Waals surface area (Å²) in [4.78, 5) is 52.4. The number of hydrogen-bond acceptors (Lipinski definition) is 17. The average molecular weight is 837 g/mol. The number of carbonyl (C=O) groups is 4. The number of hydrogen-bond donors (Lipinski definition) is 8. The fourth-order valence-corrected chi connectivity index (χ4v) is 6.13. The van der Waals surface area contributed by atoms with Gasteiger partial charge >= 0.3 is 24.1 Å². The van der Waals surface area contributed by atoms with Gasteiger partial charge in [-0.1, -0.05) is 60.7 Å². The fraction of sp³-hybridized carbons (Fsp3) is 0.600. The van der Waals surface area contributed by atoms with Gasteiger partial charge in [0.25, 0.3) is 0 Å².